The summed E-state index contributed by atoms with van der Waals surface area (Å²) in [5.41, 5.74) is 0. The molecule has 0 saturated heterocycles. The molecule has 1 N–H and O–H groups in total. The fraction of sp³-hybridized carbons (Fsp3) is 0.500. The van der Waals surface area contributed by atoms with E-state index < -0.39 is 0 Å². The quantitative estimate of drug-likeness (QED) is 0.418. The Balaban J connectivity index is 0. The van der Waals surface area contributed by atoms with Gasteiger partial charge in [-0.25, -0.2) is 0 Å². The number of hydrogen-bond acceptors (Lipinski definition) is 1. The van der Waals surface area contributed by atoms with Gasteiger partial charge < -0.3 is 5.11 Å². The predicted molar refractivity (Wildman–Crippen MR) is 33.8 cm³/mol. The maximum atomic E-state index is 8.36. The molecule has 0 spiro atoms. The van der Waals surface area contributed by atoms with E-state index in [2.05, 4.69) is 19.1 Å². The molecule has 2 heteroatoms. The van der Waals surface area contributed by atoms with Gasteiger partial charge in [-0.2, -0.15) is 0 Å². The maximum Gasteiger partial charge on any atom is 0.290 e. The van der Waals surface area contributed by atoms with Gasteiger partial charge in [0.2, 0.25) is 0 Å². The van der Waals surface area contributed by atoms with Gasteiger partial charge in [-0.1, -0.05) is 19.1 Å². The summed E-state index contributed by atoms with van der Waals surface area (Å²) in [6.07, 6.45) is 5.34. The molecule has 0 bridgehead atoms. The van der Waals surface area contributed by atoms with E-state index in [-0.39, 0.29) is 6.47 Å². The van der Waals surface area contributed by atoms with Crippen molar-refractivity contribution in [2.75, 3.05) is 0 Å². The van der Waals surface area contributed by atoms with Crippen LogP contribution in [0.5, 0.6) is 0 Å². The van der Waals surface area contributed by atoms with Gasteiger partial charge in [-0.3, -0.25) is 4.79 Å². The van der Waals surface area contributed by atoms with Gasteiger partial charge in [0.1, 0.15) is 0 Å². The van der Waals surface area contributed by atoms with Gasteiger partial charge in [0, 0.05) is 0 Å². The van der Waals surface area contributed by atoms with Crippen molar-refractivity contribution in [1.82, 2.24) is 0 Å². The van der Waals surface area contributed by atoms with Crippen LogP contribution in [0.1, 0.15) is 20.3 Å². The van der Waals surface area contributed by atoms with Crippen molar-refractivity contribution in [3.63, 3.8) is 0 Å². The Labute approximate surface area is 49.8 Å². The van der Waals surface area contributed by atoms with Gasteiger partial charge in [0.15, 0.2) is 0 Å². The highest BCUT2D eigenvalue weighted by Gasteiger charge is 1.52. The summed E-state index contributed by atoms with van der Waals surface area (Å²) in [7, 11) is 0. The maximum absolute atomic E-state index is 8.36. The summed E-state index contributed by atoms with van der Waals surface area (Å²) in [4.78, 5) is 8.36. The first kappa shape index (κ1) is 10.2. The molecule has 8 heavy (non-hydrogen) atoms. The molecule has 0 unspecified atom stereocenters. The first-order chi connectivity index (χ1) is 3.83. The van der Waals surface area contributed by atoms with Crippen LogP contribution in [0.2, 0.25) is 0 Å². The van der Waals surface area contributed by atoms with E-state index in [0.29, 0.717) is 0 Å². The predicted octanol–water partition coefficient (Wildman–Crippen LogP) is 1.67. The van der Waals surface area contributed by atoms with Crippen molar-refractivity contribution >= 4 is 6.47 Å². The minimum atomic E-state index is -0.250. The summed E-state index contributed by atoms with van der Waals surface area (Å²) in [6.45, 7) is 3.91. The third-order valence-corrected chi connectivity index (χ3v) is 0.471. The zero-order chi connectivity index (χ0) is 6.83. The first-order valence-corrected chi connectivity index (χ1v) is 2.52. The second-order valence-electron chi connectivity index (χ2n) is 1.08. The molecule has 48 valence electrons. The summed E-state index contributed by atoms with van der Waals surface area (Å²) >= 11 is 0. The van der Waals surface area contributed by atoms with Gasteiger partial charge in [0.25, 0.3) is 6.47 Å². The molecule has 0 atom stereocenters. The number of allylic oxidation sites excluding steroid dienone is 2. The minimum absolute atomic E-state index is 0.250. The van der Waals surface area contributed by atoms with Gasteiger partial charge in [-0.15, -0.1) is 0 Å². The molecule has 0 aliphatic heterocycles. The molecule has 0 amide bonds. The van der Waals surface area contributed by atoms with Crippen molar-refractivity contribution in [1.29, 1.82) is 0 Å². The van der Waals surface area contributed by atoms with Crippen LogP contribution in [0.15, 0.2) is 12.2 Å². The Kier molecular flexibility index (Phi) is 20.9. The van der Waals surface area contributed by atoms with E-state index in [4.69, 9.17) is 9.90 Å². The molecular formula is C6H12O2. The van der Waals surface area contributed by atoms with Gasteiger partial charge >= 0.3 is 0 Å². The molecule has 2 nitrogen and oxygen atoms in total. The fourth-order valence-electron chi connectivity index (χ4n) is 0.236. The number of carboxylic acid groups (broad SMARTS) is 1. The lowest BCUT2D eigenvalue weighted by atomic mass is 10.4. The van der Waals surface area contributed by atoms with E-state index in [9.17, 15) is 0 Å². The second kappa shape index (κ2) is 16.4. The standard InChI is InChI=1S/C5H10.CH2O2/c1-3-5-4-2;2-1-3/h3,5H,4H2,1-2H3;1H,(H,2,3). The SMILES string of the molecule is CC=CCC.O=CO. The topological polar surface area (TPSA) is 37.3 Å². The van der Waals surface area contributed by atoms with E-state index >= 15 is 0 Å². The molecule has 0 radical (unpaired) electrons. The Bertz CT molecular complexity index is 57.5. The van der Waals surface area contributed by atoms with Crippen molar-refractivity contribution in [2.24, 2.45) is 0 Å². The highest BCUT2D eigenvalue weighted by molar-refractivity contribution is 5.32. The summed E-state index contributed by atoms with van der Waals surface area (Å²) in [5.74, 6) is 0. The zero-order valence-corrected chi connectivity index (χ0v) is 5.29. The molecule has 0 rings (SSSR count). The van der Waals surface area contributed by atoms with Crippen LogP contribution in [0.25, 0.3) is 0 Å². The summed E-state index contributed by atoms with van der Waals surface area (Å²) in [6, 6.07) is 0. The van der Waals surface area contributed by atoms with E-state index in [1.54, 1.807) is 0 Å². The lowest BCUT2D eigenvalue weighted by Gasteiger charge is -1.65. The highest BCUT2D eigenvalue weighted by atomic mass is 16.3. The smallest absolute Gasteiger partial charge is 0.290 e. The molecule has 0 aromatic heterocycles. The van der Waals surface area contributed by atoms with E-state index in [1.165, 1.54) is 0 Å². The van der Waals surface area contributed by atoms with Gasteiger partial charge in [0.05, 0.1) is 0 Å². The molecule has 0 aromatic carbocycles. The van der Waals surface area contributed by atoms with Crippen LogP contribution >= 0.6 is 0 Å². The molecule has 0 aliphatic rings. The van der Waals surface area contributed by atoms with Gasteiger partial charge in [-0.05, 0) is 13.3 Å². The Morgan fingerprint density at radius 1 is 1.62 bits per heavy atom. The van der Waals surface area contributed by atoms with Crippen LogP contribution in [0.3, 0.4) is 0 Å². The molecule has 0 aliphatic carbocycles. The van der Waals surface area contributed by atoms with E-state index in [1.807, 2.05) is 6.92 Å². The Morgan fingerprint density at radius 3 is 2.00 bits per heavy atom. The monoisotopic (exact) mass is 116 g/mol. The van der Waals surface area contributed by atoms with Crippen molar-refractivity contribution < 1.29 is 9.90 Å². The lowest BCUT2D eigenvalue weighted by Crippen LogP contribution is -1.49. The van der Waals surface area contributed by atoms with Crippen LogP contribution in [0, 0.1) is 0 Å². The number of hydrogen-bond donors (Lipinski definition) is 1. The van der Waals surface area contributed by atoms with Crippen molar-refractivity contribution in [3.05, 3.63) is 12.2 Å². The normalized spacial score (nSPS) is 7.75. The van der Waals surface area contributed by atoms with Crippen molar-refractivity contribution in [2.45, 2.75) is 20.3 Å². The number of carbonyl (C=O) groups is 1. The van der Waals surface area contributed by atoms with E-state index in [0.717, 1.165) is 6.42 Å². The average Bonchev–Trinajstić information content (AvgIpc) is 1.71. The van der Waals surface area contributed by atoms with Crippen molar-refractivity contribution in [3.8, 4) is 0 Å². The zero-order valence-electron chi connectivity index (χ0n) is 5.29. The minimum Gasteiger partial charge on any atom is -0.483 e. The highest BCUT2D eigenvalue weighted by Crippen LogP contribution is 1.73. The molecule has 0 saturated carbocycles. The van der Waals surface area contributed by atoms with Crippen LogP contribution in [-0.4, -0.2) is 11.6 Å². The largest absolute Gasteiger partial charge is 0.483 e. The van der Waals surface area contributed by atoms with Crippen LogP contribution < -0.4 is 0 Å². The molecule has 0 heterocycles. The summed E-state index contributed by atoms with van der Waals surface area (Å²) in [5, 5.41) is 6.89. The lowest BCUT2D eigenvalue weighted by molar-refractivity contribution is -0.122. The average molecular weight is 116 g/mol. The fourth-order valence-corrected chi connectivity index (χ4v) is 0.236. The van der Waals surface area contributed by atoms with Crippen LogP contribution in [-0.2, 0) is 4.79 Å². The molecule has 0 aromatic rings. The number of rotatable bonds is 1. The Morgan fingerprint density at radius 2 is 2.00 bits per heavy atom. The molecular weight excluding hydrogens is 104 g/mol. The summed E-state index contributed by atoms with van der Waals surface area (Å²) < 4.78 is 0. The molecule has 0 fully saturated rings. The first-order valence-electron chi connectivity index (χ1n) is 2.52. The van der Waals surface area contributed by atoms with Crippen LogP contribution in [0.4, 0.5) is 0 Å². The Hall–Kier alpha value is -0.790. The third-order valence-electron chi connectivity index (χ3n) is 0.471. The third kappa shape index (κ3) is 63.1. The second-order valence-corrected chi connectivity index (χ2v) is 1.08.